The van der Waals surface area contributed by atoms with Gasteiger partial charge in [0.15, 0.2) is 0 Å². The maximum Gasteiger partial charge on any atom is 0.256 e. The number of fused-ring (bicyclic) bond motifs is 1. The Hall–Kier alpha value is -3.61. The van der Waals surface area contributed by atoms with Gasteiger partial charge in [0.25, 0.3) is 5.56 Å². The smallest absolute Gasteiger partial charge is 0.256 e. The fourth-order valence-corrected chi connectivity index (χ4v) is 5.18. The number of hydrogen-bond acceptors (Lipinski definition) is 5. The Balaban J connectivity index is 1.97. The van der Waals surface area contributed by atoms with E-state index in [1.807, 2.05) is 61.5 Å². The molecule has 0 fully saturated rings. The first-order valence-electron chi connectivity index (χ1n) is 13.5. The second kappa shape index (κ2) is 15.6. The van der Waals surface area contributed by atoms with Gasteiger partial charge in [0, 0.05) is 28.0 Å². The summed E-state index contributed by atoms with van der Waals surface area (Å²) in [6.07, 6.45) is 11.4. The molecule has 4 N–H and O–H groups in total. The van der Waals surface area contributed by atoms with Crippen LogP contribution in [0.15, 0.2) is 94.3 Å². The highest BCUT2D eigenvalue weighted by Gasteiger charge is 2.27. The molecule has 1 amide bonds. The van der Waals surface area contributed by atoms with E-state index in [0.29, 0.717) is 33.8 Å². The first kappa shape index (κ1) is 32.9. The third kappa shape index (κ3) is 9.74. The summed E-state index contributed by atoms with van der Waals surface area (Å²) >= 11 is 9.78. The topological polar surface area (TPSA) is 104 Å². The molecule has 0 saturated carbocycles. The van der Waals surface area contributed by atoms with Gasteiger partial charge in [-0.15, -0.1) is 12.3 Å². The molecule has 1 aromatic heterocycles. The summed E-state index contributed by atoms with van der Waals surface area (Å²) in [4.78, 5) is 29.0. The molecule has 0 aliphatic heterocycles. The molecule has 0 unspecified atom stereocenters. The normalized spacial score (nSPS) is 12.0. The van der Waals surface area contributed by atoms with E-state index in [0.717, 1.165) is 9.87 Å². The third-order valence-electron chi connectivity index (χ3n) is 6.45. The molecule has 0 atom stereocenters. The van der Waals surface area contributed by atoms with Crippen LogP contribution in [0.25, 0.3) is 10.9 Å². The van der Waals surface area contributed by atoms with Crippen molar-refractivity contribution >= 4 is 44.3 Å². The zero-order chi connectivity index (χ0) is 30.7. The van der Waals surface area contributed by atoms with Gasteiger partial charge < -0.3 is 25.7 Å². The zero-order valence-corrected chi connectivity index (χ0v) is 26.0. The van der Waals surface area contributed by atoms with Crippen molar-refractivity contribution in [2.45, 2.75) is 44.9 Å². The minimum absolute atomic E-state index is 0.0229. The van der Waals surface area contributed by atoms with Gasteiger partial charge in [0.05, 0.1) is 30.7 Å². The van der Waals surface area contributed by atoms with Crippen LogP contribution < -0.4 is 21.8 Å². The van der Waals surface area contributed by atoms with Crippen molar-refractivity contribution in [3.05, 3.63) is 110 Å². The molecule has 3 rings (SSSR count). The van der Waals surface area contributed by atoms with Gasteiger partial charge in [0.1, 0.15) is 12.4 Å². The lowest BCUT2D eigenvalue weighted by atomic mass is 10.0. The largest absolute Gasteiger partial charge is 0.492 e. The number of halogens is 2. The molecule has 9 heteroatoms. The number of carbonyl (C=O) groups excluding carboxylic acids is 1. The minimum Gasteiger partial charge on any atom is -0.492 e. The Labute approximate surface area is 260 Å². The number of pyridine rings is 1. The molecular formula is C33H36BrClN4O3. The summed E-state index contributed by atoms with van der Waals surface area (Å²) in [5.41, 5.74) is 12.6. The number of hydrogen-bond donors (Lipinski definition) is 2. The lowest BCUT2D eigenvalue weighted by molar-refractivity contribution is -0.132. The highest BCUT2D eigenvalue weighted by Crippen LogP contribution is 2.21. The van der Waals surface area contributed by atoms with Crippen molar-refractivity contribution in [1.82, 2.24) is 9.47 Å². The zero-order valence-electron chi connectivity index (χ0n) is 23.7. The van der Waals surface area contributed by atoms with Crippen LogP contribution in [0.4, 0.5) is 0 Å². The Kier molecular flexibility index (Phi) is 12.2. The number of rotatable bonds is 14. The average molecular weight is 652 g/mol. The van der Waals surface area contributed by atoms with Gasteiger partial charge in [0.2, 0.25) is 5.91 Å². The maximum atomic E-state index is 13.9. The van der Waals surface area contributed by atoms with Gasteiger partial charge in [-0.25, -0.2) is 0 Å². The lowest BCUT2D eigenvalue weighted by Crippen LogP contribution is -2.53. The molecule has 42 heavy (non-hydrogen) atoms. The van der Waals surface area contributed by atoms with Crippen LogP contribution in [0.3, 0.4) is 0 Å². The van der Waals surface area contributed by atoms with Gasteiger partial charge in [-0.3, -0.25) is 9.59 Å². The van der Waals surface area contributed by atoms with Crippen LogP contribution >= 0.6 is 27.5 Å². The number of aromatic nitrogens is 1. The molecule has 220 valence electrons. The predicted molar refractivity (Wildman–Crippen MR) is 175 cm³/mol. The number of terminal acetylenes is 1. The molecule has 1 heterocycles. The molecule has 3 aromatic rings. The van der Waals surface area contributed by atoms with Crippen LogP contribution in [-0.4, -0.2) is 34.2 Å². The number of allylic oxidation sites excluding steroid dienone is 3. The average Bonchev–Trinajstić information content (AvgIpc) is 2.94. The number of nitrogens with two attached hydrogens (primary N) is 2. The van der Waals surface area contributed by atoms with E-state index in [-0.39, 0.29) is 50.5 Å². The highest BCUT2D eigenvalue weighted by molar-refractivity contribution is 9.11. The molecular weight excluding hydrogens is 616 g/mol. The second-order valence-corrected chi connectivity index (χ2v) is 11.4. The van der Waals surface area contributed by atoms with Crippen molar-refractivity contribution in [1.29, 1.82) is 0 Å². The van der Waals surface area contributed by atoms with Crippen molar-refractivity contribution in [2.75, 3.05) is 13.2 Å². The van der Waals surface area contributed by atoms with E-state index < -0.39 is 5.66 Å². The standard InChI is InChI=1S/C33H36BrClN4O3/c1-4-6-15-33(36,37)21-31(40)38(22-24(3)18-27(34)10-5-2)23-26-19-25-13-14-28(35)20-30(25)39(32(26)41)16-17-42-29-11-8-7-9-12-29/h1,5,7-14,18-20H,3,6,15-17,21-23,36-37H2,2H3/b10-5-,27-18+. The second-order valence-electron chi connectivity index (χ2n) is 10.0. The summed E-state index contributed by atoms with van der Waals surface area (Å²) in [6.45, 7) is 6.73. The quantitative estimate of drug-likeness (QED) is 0.129. The van der Waals surface area contributed by atoms with Crippen LogP contribution in [-0.2, 0) is 17.9 Å². The molecule has 0 bridgehead atoms. The van der Waals surface area contributed by atoms with Gasteiger partial charge in [-0.1, -0.05) is 70.5 Å². The Morgan fingerprint density at radius 3 is 2.67 bits per heavy atom. The number of carbonyl (C=O) groups is 1. The summed E-state index contributed by atoms with van der Waals surface area (Å²) in [5.74, 6) is 2.90. The van der Waals surface area contributed by atoms with E-state index in [2.05, 4.69) is 28.4 Å². The monoisotopic (exact) mass is 650 g/mol. The maximum absolute atomic E-state index is 13.9. The number of para-hydroxylation sites is 1. The fraction of sp³-hybridized carbons (Fsp3) is 0.273. The van der Waals surface area contributed by atoms with E-state index in [1.54, 1.807) is 27.7 Å². The predicted octanol–water partition coefficient (Wildman–Crippen LogP) is 5.89. The molecule has 7 nitrogen and oxygen atoms in total. The Morgan fingerprint density at radius 1 is 1.24 bits per heavy atom. The summed E-state index contributed by atoms with van der Waals surface area (Å²) in [7, 11) is 0. The molecule has 2 aromatic carbocycles. The highest BCUT2D eigenvalue weighted by atomic mass is 79.9. The van der Waals surface area contributed by atoms with Crippen LogP contribution in [0, 0.1) is 12.3 Å². The molecule has 0 spiro atoms. The van der Waals surface area contributed by atoms with Gasteiger partial charge >= 0.3 is 0 Å². The minimum atomic E-state index is -1.29. The van der Waals surface area contributed by atoms with Gasteiger partial charge in [-0.2, -0.15) is 0 Å². The first-order valence-corrected chi connectivity index (χ1v) is 14.7. The summed E-state index contributed by atoms with van der Waals surface area (Å²) < 4.78 is 8.30. The first-order chi connectivity index (χ1) is 20.0. The number of ether oxygens (including phenoxy) is 1. The SMILES string of the molecule is C#CCCC(N)(N)CC(=O)N(CC(=C)/C=C(Br)\C=C/C)Cc1cc2ccc(Cl)cc2n(CCOc2ccccc2)c1=O. The van der Waals surface area contributed by atoms with Crippen molar-refractivity contribution in [3.8, 4) is 18.1 Å². The number of benzene rings is 2. The lowest BCUT2D eigenvalue weighted by Gasteiger charge is -2.29. The van der Waals surface area contributed by atoms with E-state index >= 15 is 0 Å². The number of nitrogens with zero attached hydrogens (tertiary/aromatic N) is 2. The van der Waals surface area contributed by atoms with E-state index in [9.17, 15) is 9.59 Å². The van der Waals surface area contributed by atoms with E-state index in [4.69, 9.17) is 34.2 Å². The molecule has 0 radical (unpaired) electrons. The van der Waals surface area contributed by atoms with E-state index in [1.165, 1.54) is 0 Å². The van der Waals surface area contributed by atoms with Crippen molar-refractivity contribution < 1.29 is 9.53 Å². The van der Waals surface area contributed by atoms with Gasteiger partial charge in [-0.05, 0) is 60.7 Å². The Morgan fingerprint density at radius 2 is 1.98 bits per heavy atom. The number of amides is 1. The van der Waals surface area contributed by atoms with Crippen molar-refractivity contribution in [2.24, 2.45) is 11.5 Å². The summed E-state index contributed by atoms with van der Waals surface area (Å²) in [6, 6.07) is 16.5. The molecule has 0 saturated heterocycles. The Bertz CT molecular complexity index is 1570. The third-order valence-corrected chi connectivity index (χ3v) is 7.18. The molecule has 0 aliphatic rings. The molecule has 0 aliphatic carbocycles. The fourth-order valence-electron chi connectivity index (χ4n) is 4.43. The summed E-state index contributed by atoms with van der Waals surface area (Å²) in [5, 5.41) is 1.31. The van der Waals surface area contributed by atoms with Crippen LogP contribution in [0.2, 0.25) is 5.02 Å². The van der Waals surface area contributed by atoms with Crippen molar-refractivity contribution in [3.63, 3.8) is 0 Å². The van der Waals surface area contributed by atoms with Crippen LogP contribution in [0.1, 0.15) is 31.7 Å². The van der Waals surface area contributed by atoms with Crippen LogP contribution in [0.5, 0.6) is 5.75 Å².